The van der Waals surface area contributed by atoms with Gasteiger partial charge in [-0.05, 0) is 59.4 Å². The highest BCUT2D eigenvalue weighted by molar-refractivity contribution is 5.69. The van der Waals surface area contributed by atoms with Gasteiger partial charge in [-0.2, -0.15) is 0 Å². The van der Waals surface area contributed by atoms with Crippen molar-refractivity contribution in [1.29, 1.82) is 0 Å². The number of aliphatic hydroxyl groups is 1. The monoisotopic (exact) mass is 286 g/mol. The van der Waals surface area contributed by atoms with E-state index in [2.05, 4.69) is 5.32 Å². The maximum atomic E-state index is 12.1. The van der Waals surface area contributed by atoms with Crippen molar-refractivity contribution < 1.29 is 14.6 Å². The Morgan fingerprint density at radius 3 is 2.75 bits per heavy atom. The molecule has 1 aliphatic heterocycles. The van der Waals surface area contributed by atoms with Crippen molar-refractivity contribution in [2.45, 2.75) is 64.5 Å². The van der Waals surface area contributed by atoms with Gasteiger partial charge in [0, 0.05) is 25.7 Å². The Hall–Kier alpha value is -0.810. The second-order valence-electron chi connectivity index (χ2n) is 6.46. The summed E-state index contributed by atoms with van der Waals surface area (Å²) in [5.74, 6) is 0. The zero-order valence-electron chi connectivity index (χ0n) is 13.2. The number of likely N-dealkylation sites (tertiary alicyclic amines) is 1. The van der Waals surface area contributed by atoms with Crippen molar-refractivity contribution in [3.05, 3.63) is 0 Å². The molecule has 1 aliphatic rings. The van der Waals surface area contributed by atoms with E-state index in [1.54, 1.807) is 0 Å². The third-order valence-corrected chi connectivity index (χ3v) is 3.40. The van der Waals surface area contributed by atoms with Gasteiger partial charge in [0.15, 0.2) is 0 Å². The van der Waals surface area contributed by atoms with E-state index in [4.69, 9.17) is 9.84 Å². The fraction of sp³-hybridized carbons (Fsp3) is 0.933. The average Bonchev–Trinajstić information content (AvgIpc) is 2.80. The zero-order valence-corrected chi connectivity index (χ0v) is 13.2. The highest BCUT2D eigenvalue weighted by atomic mass is 16.6. The molecule has 1 atom stereocenters. The highest BCUT2D eigenvalue weighted by Crippen LogP contribution is 2.20. The molecule has 0 bridgehead atoms. The Labute approximate surface area is 122 Å². The Balaban J connectivity index is 2.25. The lowest BCUT2D eigenvalue weighted by Crippen LogP contribution is -2.44. The van der Waals surface area contributed by atoms with Crippen LogP contribution in [0, 0.1) is 0 Å². The predicted octanol–water partition coefficient (Wildman–Crippen LogP) is 2.14. The second kappa shape index (κ2) is 8.47. The lowest BCUT2D eigenvalue weighted by Gasteiger charge is -2.28. The molecule has 118 valence electrons. The molecule has 20 heavy (non-hydrogen) atoms. The van der Waals surface area contributed by atoms with E-state index in [1.807, 2.05) is 25.7 Å². The maximum Gasteiger partial charge on any atom is 0.410 e. The molecule has 0 saturated carbocycles. The number of hydrogen-bond donors (Lipinski definition) is 2. The second-order valence-corrected chi connectivity index (χ2v) is 6.46. The van der Waals surface area contributed by atoms with Crippen LogP contribution in [0.1, 0.15) is 52.9 Å². The zero-order chi connectivity index (χ0) is 15.0. The van der Waals surface area contributed by atoms with Gasteiger partial charge in [0.2, 0.25) is 0 Å². The number of unbranched alkanes of at least 4 members (excludes halogenated alkanes) is 2. The van der Waals surface area contributed by atoms with Gasteiger partial charge in [0.1, 0.15) is 5.60 Å². The Kier molecular flexibility index (Phi) is 7.30. The molecule has 0 spiro atoms. The van der Waals surface area contributed by atoms with Crippen molar-refractivity contribution in [1.82, 2.24) is 10.2 Å². The fourth-order valence-corrected chi connectivity index (χ4v) is 2.42. The van der Waals surface area contributed by atoms with Crippen LogP contribution in [0.15, 0.2) is 0 Å². The minimum absolute atomic E-state index is 0.193. The van der Waals surface area contributed by atoms with Crippen LogP contribution in [0.4, 0.5) is 4.79 Å². The van der Waals surface area contributed by atoms with E-state index in [0.29, 0.717) is 0 Å². The van der Waals surface area contributed by atoms with Crippen LogP contribution >= 0.6 is 0 Å². The van der Waals surface area contributed by atoms with Gasteiger partial charge < -0.3 is 20.1 Å². The van der Waals surface area contributed by atoms with Crippen LogP contribution in [0.5, 0.6) is 0 Å². The Morgan fingerprint density at radius 1 is 1.35 bits per heavy atom. The predicted molar refractivity (Wildman–Crippen MR) is 79.8 cm³/mol. The first-order valence-electron chi connectivity index (χ1n) is 7.75. The normalized spacial score (nSPS) is 19.4. The summed E-state index contributed by atoms with van der Waals surface area (Å²) in [5, 5.41) is 12.1. The molecule has 0 radical (unpaired) electrons. The summed E-state index contributed by atoms with van der Waals surface area (Å²) in [7, 11) is 0. The summed E-state index contributed by atoms with van der Waals surface area (Å²) < 4.78 is 5.44. The molecule has 5 heteroatoms. The lowest BCUT2D eigenvalue weighted by atomic mass is 10.2. The number of rotatable bonds is 7. The first kappa shape index (κ1) is 17.2. The Bertz CT molecular complexity index is 289. The number of aliphatic hydroxyl groups excluding tert-OH is 1. The smallest absolute Gasteiger partial charge is 0.410 e. The van der Waals surface area contributed by atoms with E-state index in [9.17, 15) is 4.79 Å². The number of amides is 1. The number of carbonyl (C=O) groups is 1. The molecule has 2 N–H and O–H groups in total. The molecular formula is C15H30N2O3. The van der Waals surface area contributed by atoms with Gasteiger partial charge in [-0.3, -0.25) is 0 Å². The molecule has 1 rings (SSSR count). The van der Waals surface area contributed by atoms with Crippen LogP contribution in [0.2, 0.25) is 0 Å². The maximum absolute atomic E-state index is 12.1. The lowest BCUT2D eigenvalue weighted by molar-refractivity contribution is 0.0226. The van der Waals surface area contributed by atoms with E-state index in [-0.39, 0.29) is 18.7 Å². The number of hydrogen-bond acceptors (Lipinski definition) is 4. The van der Waals surface area contributed by atoms with Crippen molar-refractivity contribution in [3.63, 3.8) is 0 Å². The van der Waals surface area contributed by atoms with Gasteiger partial charge in [-0.15, -0.1) is 0 Å². The quantitative estimate of drug-likeness (QED) is 0.704. The first-order chi connectivity index (χ1) is 9.44. The van der Waals surface area contributed by atoms with E-state index in [0.717, 1.165) is 51.7 Å². The Morgan fingerprint density at radius 2 is 2.10 bits per heavy atom. The van der Waals surface area contributed by atoms with Crippen molar-refractivity contribution >= 4 is 6.09 Å². The van der Waals surface area contributed by atoms with Gasteiger partial charge in [-0.1, -0.05) is 0 Å². The SMILES string of the molecule is CC(C)(C)OC(=O)N1CCCC1CNCCCCCO. The molecule has 0 aromatic carbocycles. The summed E-state index contributed by atoms with van der Waals surface area (Å²) >= 11 is 0. The highest BCUT2D eigenvalue weighted by Gasteiger charge is 2.31. The first-order valence-corrected chi connectivity index (χ1v) is 7.75. The van der Waals surface area contributed by atoms with Crippen LogP contribution in [-0.2, 0) is 4.74 Å². The van der Waals surface area contributed by atoms with Crippen LogP contribution < -0.4 is 5.32 Å². The molecule has 5 nitrogen and oxygen atoms in total. The van der Waals surface area contributed by atoms with Crippen LogP contribution in [-0.4, -0.2) is 54.0 Å². The molecule has 1 amide bonds. The molecule has 0 aromatic rings. The topological polar surface area (TPSA) is 61.8 Å². The van der Waals surface area contributed by atoms with Gasteiger partial charge >= 0.3 is 6.09 Å². The van der Waals surface area contributed by atoms with Crippen molar-refractivity contribution in [2.24, 2.45) is 0 Å². The molecule has 1 unspecified atom stereocenters. The third kappa shape index (κ3) is 6.57. The largest absolute Gasteiger partial charge is 0.444 e. The van der Waals surface area contributed by atoms with E-state index >= 15 is 0 Å². The number of ether oxygens (including phenoxy) is 1. The van der Waals surface area contributed by atoms with Gasteiger partial charge in [-0.25, -0.2) is 4.79 Å². The summed E-state index contributed by atoms with van der Waals surface area (Å²) in [6.07, 6.45) is 4.89. The molecular weight excluding hydrogens is 256 g/mol. The van der Waals surface area contributed by atoms with Crippen molar-refractivity contribution in [3.8, 4) is 0 Å². The summed E-state index contributed by atoms with van der Waals surface area (Å²) in [5.41, 5.74) is -0.429. The van der Waals surface area contributed by atoms with Crippen molar-refractivity contribution in [2.75, 3.05) is 26.2 Å². The average molecular weight is 286 g/mol. The molecule has 0 aromatic heterocycles. The number of nitrogens with one attached hydrogen (secondary N) is 1. The minimum Gasteiger partial charge on any atom is -0.444 e. The molecule has 1 fully saturated rings. The van der Waals surface area contributed by atoms with E-state index in [1.165, 1.54) is 0 Å². The third-order valence-electron chi connectivity index (χ3n) is 3.40. The minimum atomic E-state index is -0.429. The van der Waals surface area contributed by atoms with Gasteiger partial charge in [0.25, 0.3) is 0 Å². The summed E-state index contributed by atoms with van der Waals surface area (Å²) in [6, 6.07) is 0.252. The molecule has 1 heterocycles. The van der Waals surface area contributed by atoms with Crippen LogP contribution in [0.25, 0.3) is 0 Å². The number of nitrogens with zero attached hydrogens (tertiary/aromatic N) is 1. The molecule has 1 saturated heterocycles. The number of carbonyl (C=O) groups excluding carboxylic acids is 1. The van der Waals surface area contributed by atoms with Gasteiger partial charge in [0.05, 0.1) is 0 Å². The summed E-state index contributed by atoms with van der Waals surface area (Å²) in [6.45, 7) is 8.54. The van der Waals surface area contributed by atoms with E-state index < -0.39 is 5.60 Å². The standard InChI is InChI=1S/C15H30N2O3/c1-15(2,3)20-14(19)17-10-7-8-13(17)12-16-9-5-4-6-11-18/h13,16,18H,4-12H2,1-3H3. The molecule has 0 aliphatic carbocycles. The fourth-order valence-electron chi connectivity index (χ4n) is 2.42. The summed E-state index contributed by atoms with van der Waals surface area (Å²) in [4.78, 5) is 13.9. The van der Waals surface area contributed by atoms with Crippen LogP contribution in [0.3, 0.4) is 0 Å².